The van der Waals surface area contributed by atoms with Gasteiger partial charge in [-0.15, -0.1) is 0 Å². The van der Waals surface area contributed by atoms with Crippen LogP contribution in [0.3, 0.4) is 0 Å². The fourth-order valence-corrected chi connectivity index (χ4v) is 2.98. The first-order chi connectivity index (χ1) is 13.9. The number of carbonyl (C=O) groups excluding carboxylic acids is 2. The highest BCUT2D eigenvalue weighted by molar-refractivity contribution is 6.02. The third-order valence-electron chi connectivity index (χ3n) is 4.43. The standard InChI is InChI=1S/C21H21N3O5/c1-2-29-21(28)14-9-7-13(8-10-14)19(25)23-24-12-15(11-17(22)20(26)27)16-5-3-4-6-18(16)24/h3-10,12,17H,2,11,22H2,1H3,(H,23,25)(H,26,27)/t17-/m0/s1. The summed E-state index contributed by atoms with van der Waals surface area (Å²) in [6, 6.07) is 12.4. The molecule has 150 valence electrons. The first-order valence-corrected chi connectivity index (χ1v) is 9.06. The molecule has 3 rings (SSSR count). The minimum Gasteiger partial charge on any atom is -0.480 e. The predicted octanol–water partition coefficient (Wildman–Crippen LogP) is 2.16. The molecule has 0 saturated heterocycles. The number of carboxylic acid groups (broad SMARTS) is 1. The molecule has 4 N–H and O–H groups in total. The maximum absolute atomic E-state index is 12.6. The van der Waals surface area contributed by atoms with E-state index in [-0.39, 0.29) is 18.9 Å². The Kier molecular flexibility index (Phi) is 5.94. The Hall–Kier alpha value is -3.65. The average Bonchev–Trinajstić information content (AvgIpc) is 3.05. The van der Waals surface area contributed by atoms with Crippen molar-refractivity contribution >= 4 is 28.7 Å². The number of rotatable bonds is 7. The molecule has 0 unspecified atom stereocenters. The second-order valence-electron chi connectivity index (χ2n) is 6.43. The number of ether oxygens (including phenoxy) is 1. The van der Waals surface area contributed by atoms with Gasteiger partial charge in [0.15, 0.2) is 0 Å². The van der Waals surface area contributed by atoms with Gasteiger partial charge in [-0.2, -0.15) is 0 Å². The fourth-order valence-electron chi connectivity index (χ4n) is 2.98. The second-order valence-corrected chi connectivity index (χ2v) is 6.43. The van der Waals surface area contributed by atoms with Crippen LogP contribution >= 0.6 is 0 Å². The lowest BCUT2D eigenvalue weighted by atomic mass is 10.1. The van der Waals surface area contributed by atoms with E-state index in [2.05, 4.69) is 5.43 Å². The largest absolute Gasteiger partial charge is 0.480 e. The first kappa shape index (κ1) is 20.1. The van der Waals surface area contributed by atoms with E-state index in [0.29, 0.717) is 16.7 Å². The minimum atomic E-state index is -1.09. The molecular formula is C21H21N3O5. The molecule has 0 aliphatic carbocycles. The fraction of sp³-hybridized carbons (Fsp3) is 0.190. The molecule has 0 saturated carbocycles. The van der Waals surface area contributed by atoms with Crippen molar-refractivity contribution in [2.75, 3.05) is 12.0 Å². The molecule has 1 aromatic heterocycles. The number of nitrogens with two attached hydrogens (primary N) is 1. The molecule has 29 heavy (non-hydrogen) atoms. The van der Waals surface area contributed by atoms with E-state index in [1.54, 1.807) is 17.8 Å². The third-order valence-corrected chi connectivity index (χ3v) is 4.43. The topological polar surface area (TPSA) is 124 Å². The van der Waals surface area contributed by atoms with Crippen molar-refractivity contribution in [2.45, 2.75) is 19.4 Å². The van der Waals surface area contributed by atoms with Crippen LogP contribution in [0, 0.1) is 0 Å². The molecule has 2 aromatic carbocycles. The SMILES string of the molecule is CCOC(=O)c1ccc(C(=O)Nn2cc(C[C@H](N)C(=O)O)c3ccccc32)cc1. The Morgan fingerprint density at radius 2 is 1.76 bits per heavy atom. The predicted molar refractivity (Wildman–Crippen MR) is 107 cm³/mol. The highest BCUT2D eigenvalue weighted by Gasteiger charge is 2.17. The third kappa shape index (κ3) is 4.44. The van der Waals surface area contributed by atoms with Crippen LogP contribution in [0.1, 0.15) is 33.2 Å². The van der Waals surface area contributed by atoms with E-state index in [1.807, 2.05) is 24.3 Å². The Morgan fingerprint density at radius 1 is 1.10 bits per heavy atom. The van der Waals surface area contributed by atoms with Crippen molar-refractivity contribution in [3.63, 3.8) is 0 Å². The van der Waals surface area contributed by atoms with Crippen molar-refractivity contribution in [1.29, 1.82) is 0 Å². The molecule has 1 atom stereocenters. The Bertz CT molecular complexity index is 1060. The number of aromatic nitrogens is 1. The highest BCUT2D eigenvalue weighted by Crippen LogP contribution is 2.22. The van der Waals surface area contributed by atoms with Gasteiger partial charge in [-0.25, -0.2) is 4.79 Å². The van der Waals surface area contributed by atoms with Crippen LogP contribution in [-0.4, -0.2) is 40.3 Å². The number of amides is 1. The minimum absolute atomic E-state index is 0.132. The van der Waals surface area contributed by atoms with Gasteiger partial charge < -0.3 is 15.6 Å². The number of fused-ring (bicyclic) bond motifs is 1. The maximum Gasteiger partial charge on any atom is 0.338 e. The second kappa shape index (κ2) is 8.57. The number of carboxylic acids is 1. The van der Waals surface area contributed by atoms with Gasteiger partial charge in [0, 0.05) is 23.6 Å². The number of hydrogen-bond acceptors (Lipinski definition) is 5. The van der Waals surface area contributed by atoms with Gasteiger partial charge in [-0.1, -0.05) is 18.2 Å². The van der Waals surface area contributed by atoms with E-state index in [9.17, 15) is 14.4 Å². The van der Waals surface area contributed by atoms with Crippen LogP contribution in [0.15, 0.2) is 54.7 Å². The van der Waals surface area contributed by atoms with Gasteiger partial charge in [-0.05, 0) is 42.8 Å². The van der Waals surface area contributed by atoms with Crippen LogP contribution in [0.25, 0.3) is 10.9 Å². The first-order valence-electron chi connectivity index (χ1n) is 9.06. The van der Waals surface area contributed by atoms with Crippen molar-refractivity contribution in [3.8, 4) is 0 Å². The molecule has 0 bridgehead atoms. The lowest BCUT2D eigenvalue weighted by Gasteiger charge is -2.09. The zero-order chi connectivity index (χ0) is 21.0. The van der Waals surface area contributed by atoms with Gasteiger partial charge in [0.25, 0.3) is 5.91 Å². The lowest BCUT2D eigenvalue weighted by molar-refractivity contribution is -0.138. The lowest BCUT2D eigenvalue weighted by Crippen LogP contribution is -2.32. The summed E-state index contributed by atoms with van der Waals surface area (Å²) in [6.45, 7) is 1.99. The average molecular weight is 395 g/mol. The Balaban J connectivity index is 1.83. The van der Waals surface area contributed by atoms with Crippen molar-refractivity contribution in [1.82, 2.24) is 4.68 Å². The smallest absolute Gasteiger partial charge is 0.338 e. The van der Waals surface area contributed by atoms with E-state index in [0.717, 1.165) is 10.9 Å². The summed E-state index contributed by atoms with van der Waals surface area (Å²) >= 11 is 0. The molecule has 3 aromatic rings. The molecule has 8 heteroatoms. The van der Waals surface area contributed by atoms with Gasteiger partial charge in [-0.3, -0.25) is 19.7 Å². The molecule has 0 aliphatic heterocycles. The summed E-state index contributed by atoms with van der Waals surface area (Å²) in [7, 11) is 0. The van der Waals surface area contributed by atoms with Crippen LogP contribution in [0.4, 0.5) is 0 Å². The van der Waals surface area contributed by atoms with Crippen molar-refractivity contribution < 1.29 is 24.2 Å². The highest BCUT2D eigenvalue weighted by atomic mass is 16.5. The van der Waals surface area contributed by atoms with Gasteiger partial charge >= 0.3 is 11.9 Å². The summed E-state index contributed by atoms with van der Waals surface area (Å²) in [4.78, 5) is 35.5. The Morgan fingerprint density at radius 3 is 2.41 bits per heavy atom. The van der Waals surface area contributed by atoms with Crippen LogP contribution in [0.5, 0.6) is 0 Å². The molecule has 0 spiro atoms. The quantitative estimate of drug-likeness (QED) is 0.527. The van der Waals surface area contributed by atoms with Crippen LogP contribution in [-0.2, 0) is 16.0 Å². The summed E-state index contributed by atoms with van der Waals surface area (Å²) in [6.07, 6.45) is 1.80. The number of hydrogen-bond donors (Lipinski definition) is 3. The number of para-hydroxylation sites is 1. The van der Waals surface area contributed by atoms with E-state index >= 15 is 0 Å². The normalized spacial score (nSPS) is 11.8. The number of aliphatic carboxylic acids is 1. The summed E-state index contributed by atoms with van der Waals surface area (Å²) in [5, 5.41) is 9.88. The maximum atomic E-state index is 12.6. The number of carbonyl (C=O) groups is 3. The van der Waals surface area contributed by atoms with Gasteiger partial charge in [0.2, 0.25) is 0 Å². The molecule has 1 heterocycles. The molecular weight excluding hydrogens is 374 g/mol. The summed E-state index contributed by atoms with van der Waals surface area (Å²) in [5.41, 5.74) is 10.6. The zero-order valence-corrected chi connectivity index (χ0v) is 15.8. The zero-order valence-electron chi connectivity index (χ0n) is 15.8. The summed E-state index contributed by atoms with van der Waals surface area (Å²) < 4.78 is 6.47. The van der Waals surface area contributed by atoms with E-state index in [1.165, 1.54) is 24.3 Å². The number of esters is 1. The van der Waals surface area contributed by atoms with Gasteiger partial charge in [0.05, 0.1) is 17.7 Å². The number of nitrogens with one attached hydrogen (secondary N) is 1. The molecule has 0 fully saturated rings. The van der Waals surface area contributed by atoms with Crippen molar-refractivity contribution in [2.24, 2.45) is 5.73 Å². The molecule has 0 aliphatic rings. The van der Waals surface area contributed by atoms with Crippen molar-refractivity contribution in [3.05, 3.63) is 71.4 Å². The van der Waals surface area contributed by atoms with E-state index < -0.39 is 18.0 Å². The number of benzene rings is 2. The van der Waals surface area contributed by atoms with E-state index in [4.69, 9.17) is 15.6 Å². The molecule has 1 amide bonds. The Labute approximate surface area is 166 Å². The summed E-state index contributed by atoms with van der Waals surface area (Å²) in [5.74, 6) is -1.92. The molecule has 0 radical (unpaired) electrons. The molecule has 8 nitrogen and oxygen atoms in total. The van der Waals surface area contributed by atoms with Gasteiger partial charge in [0.1, 0.15) is 6.04 Å². The number of nitrogens with zero attached hydrogens (tertiary/aromatic N) is 1. The van der Waals surface area contributed by atoms with Crippen LogP contribution < -0.4 is 11.2 Å². The van der Waals surface area contributed by atoms with Crippen LogP contribution in [0.2, 0.25) is 0 Å². The monoisotopic (exact) mass is 395 g/mol.